The minimum Gasteiger partial charge on any atom is -0.497 e. The Bertz CT molecular complexity index is 1230. The fourth-order valence-electron chi connectivity index (χ4n) is 3.60. The van der Waals surface area contributed by atoms with E-state index in [0.717, 1.165) is 33.1 Å². The molecule has 1 amide bonds. The summed E-state index contributed by atoms with van der Waals surface area (Å²) in [7, 11) is -2.62. The molecule has 0 aliphatic heterocycles. The van der Waals surface area contributed by atoms with Crippen LogP contribution in [0.2, 0.25) is 0 Å². The van der Waals surface area contributed by atoms with E-state index < -0.39 is 28.3 Å². The fraction of sp³-hybridized carbons (Fsp3) is 0.240. The van der Waals surface area contributed by atoms with Gasteiger partial charge in [0.1, 0.15) is 18.1 Å². The molecular formula is C25H27FN2O4S. The lowest BCUT2D eigenvalue weighted by molar-refractivity contribution is -0.120. The first-order valence-corrected chi connectivity index (χ1v) is 11.8. The summed E-state index contributed by atoms with van der Waals surface area (Å²) < 4.78 is 46.4. The zero-order valence-corrected chi connectivity index (χ0v) is 19.8. The minimum absolute atomic E-state index is 0.0112. The zero-order valence-electron chi connectivity index (χ0n) is 19.0. The maximum atomic E-state index is 13.5. The van der Waals surface area contributed by atoms with E-state index in [-0.39, 0.29) is 16.6 Å². The van der Waals surface area contributed by atoms with Crippen LogP contribution in [0.3, 0.4) is 0 Å². The molecule has 0 aromatic heterocycles. The van der Waals surface area contributed by atoms with Crippen LogP contribution in [-0.4, -0.2) is 28.0 Å². The first kappa shape index (κ1) is 24.3. The lowest BCUT2D eigenvalue weighted by Gasteiger charge is -2.25. The Kier molecular flexibility index (Phi) is 7.38. The van der Waals surface area contributed by atoms with Gasteiger partial charge in [0.15, 0.2) is 0 Å². The van der Waals surface area contributed by atoms with Crippen molar-refractivity contribution >= 4 is 21.6 Å². The highest BCUT2D eigenvalue weighted by Gasteiger charge is 2.28. The average Bonchev–Trinajstić information content (AvgIpc) is 2.78. The smallest absolute Gasteiger partial charge is 0.264 e. The van der Waals surface area contributed by atoms with Gasteiger partial charge in [-0.25, -0.2) is 12.8 Å². The number of nitrogens with one attached hydrogen (secondary N) is 1. The van der Waals surface area contributed by atoms with Gasteiger partial charge in [0.25, 0.3) is 10.0 Å². The molecular weight excluding hydrogens is 443 g/mol. The summed E-state index contributed by atoms with van der Waals surface area (Å²) in [4.78, 5) is 12.9. The van der Waals surface area contributed by atoms with E-state index in [4.69, 9.17) is 4.74 Å². The Balaban J connectivity index is 1.89. The van der Waals surface area contributed by atoms with Crippen molar-refractivity contribution in [2.45, 2.75) is 31.7 Å². The third-order valence-corrected chi connectivity index (χ3v) is 7.11. The quantitative estimate of drug-likeness (QED) is 0.525. The first-order valence-electron chi connectivity index (χ1n) is 10.4. The Morgan fingerprint density at radius 2 is 1.67 bits per heavy atom. The summed E-state index contributed by atoms with van der Waals surface area (Å²) in [5.74, 6) is -0.486. The molecule has 3 aromatic carbocycles. The van der Waals surface area contributed by atoms with Gasteiger partial charge < -0.3 is 10.1 Å². The van der Waals surface area contributed by atoms with Crippen LogP contribution >= 0.6 is 0 Å². The number of sulfonamides is 1. The lowest BCUT2D eigenvalue weighted by Crippen LogP contribution is -2.41. The highest BCUT2D eigenvalue weighted by Crippen LogP contribution is 2.26. The molecule has 0 saturated heterocycles. The number of nitrogens with zero attached hydrogens (tertiary/aromatic N) is 1. The second-order valence-electron chi connectivity index (χ2n) is 7.81. The molecule has 0 aliphatic rings. The van der Waals surface area contributed by atoms with Crippen LogP contribution in [0.25, 0.3) is 0 Å². The average molecular weight is 471 g/mol. The van der Waals surface area contributed by atoms with Crippen LogP contribution in [0.1, 0.15) is 29.7 Å². The molecule has 0 aliphatic carbocycles. The second-order valence-corrected chi connectivity index (χ2v) is 9.68. The number of methoxy groups -OCH3 is 1. The number of amides is 1. The second kappa shape index (κ2) is 10.0. The standard InChI is InChI=1S/C25H27FN2O4S/c1-17-5-14-24(18(2)15-17)19(3)27-25(29)16-28(21-8-6-20(26)7-9-21)33(30,31)23-12-10-22(32-4)11-13-23/h5-15,19H,16H2,1-4H3,(H,27,29)/t19-/m1/s1. The number of rotatable bonds is 8. The summed E-state index contributed by atoms with van der Waals surface area (Å²) in [5.41, 5.74) is 3.27. The Labute approximate surface area is 194 Å². The third-order valence-electron chi connectivity index (χ3n) is 5.32. The van der Waals surface area contributed by atoms with E-state index in [1.807, 2.05) is 39.0 Å². The van der Waals surface area contributed by atoms with Crippen LogP contribution in [0.15, 0.2) is 71.6 Å². The van der Waals surface area contributed by atoms with Crippen molar-refractivity contribution in [1.29, 1.82) is 0 Å². The molecule has 33 heavy (non-hydrogen) atoms. The van der Waals surface area contributed by atoms with Crippen LogP contribution in [0.4, 0.5) is 10.1 Å². The maximum Gasteiger partial charge on any atom is 0.264 e. The molecule has 0 unspecified atom stereocenters. The normalized spacial score (nSPS) is 12.2. The summed E-state index contributed by atoms with van der Waals surface area (Å²) in [5, 5.41) is 2.87. The third kappa shape index (κ3) is 5.70. The van der Waals surface area contributed by atoms with E-state index in [2.05, 4.69) is 5.32 Å². The predicted molar refractivity (Wildman–Crippen MR) is 126 cm³/mol. The number of halogens is 1. The molecule has 1 atom stereocenters. The SMILES string of the molecule is COc1ccc(S(=O)(=O)N(CC(=O)N[C@H](C)c2ccc(C)cc2C)c2ccc(F)cc2)cc1. The number of benzene rings is 3. The van der Waals surface area contributed by atoms with E-state index in [9.17, 15) is 17.6 Å². The molecule has 6 nitrogen and oxygen atoms in total. The number of ether oxygens (including phenoxy) is 1. The van der Waals surface area contributed by atoms with E-state index in [1.54, 1.807) is 0 Å². The molecule has 3 rings (SSSR count). The number of aryl methyl sites for hydroxylation is 2. The first-order chi connectivity index (χ1) is 15.6. The summed E-state index contributed by atoms with van der Waals surface area (Å²) in [6.45, 7) is 5.33. The van der Waals surface area contributed by atoms with Crippen LogP contribution in [-0.2, 0) is 14.8 Å². The van der Waals surface area contributed by atoms with E-state index in [0.29, 0.717) is 5.75 Å². The van der Waals surface area contributed by atoms with Gasteiger partial charge in [-0.15, -0.1) is 0 Å². The van der Waals surface area contributed by atoms with E-state index in [1.165, 1.54) is 43.5 Å². The molecule has 0 bridgehead atoms. The van der Waals surface area contributed by atoms with Crippen molar-refractivity contribution in [2.75, 3.05) is 18.0 Å². The van der Waals surface area contributed by atoms with Gasteiger partial charge in [-0.1, -0.05) is 23.8 Å². The van der Waals surface area contributed by atoms with Gasteiger partial charge in [0.05, 0.1) is 23.7 Å². The van der Waals surface area contributed by atoms with Crippen molar-refractivity contribution in [3.63, 3.8) is 0 Å². The summed E-state index contributed by atoms with van der Waals surface area (Å²) >= 11 is 0. The molecule has 0 heterocycles. The maximum absolute atomic E-state index is 13.5. The van der Waals surface area contributed by atoms with Gasteiger partial charge in [-0.3, -0.25) is 9.10 Å². The van der Waals surface area contributed by atoms with Crippen LogP contribution in [0, 0.1) is 19.7 Å². The van der Waals surface area contributed by atoms with Crippen molar-refractivity contribution in [3.05, 3.63) is 89.2 Å². The number of carbonyl (C=O) groups is 1. The minimum atomic E-state index is -4.11. The molecule has 0 fully saturated rings. The van der Waals surface area contributed by atoms with Gasteiger partial charge in [0, 0.05) is 0 Å². The summed E-state index contributed by atoms with van der Waals surface area (Å²) in [6.07, 6.45) is 0. The van der Waals surface area contributed by atoms with Crippen molar-refractivity contribution in [3.8, 4) is 5.75 Å². The van der Waals surface area contributed by atoms with Crippen LogP contribution < -0.4 is 14.4 Å². The molecule has 0 radical (unpaired) electrons. The van der Waals surface area contributed by atoms with Crippen molar-refractivity contribution in [1.82, 2.24) is 5.32 Å². The van der Waals surface area contributed by atoms with E-state index >= 15 is 0 Å². The highest BCUT2D eigenvalue weighted by atomic mass is 32.2. The van der Waals surface area contributed by atoms with Gasteiger partial charge in [-0.2, -0.15) is 0 Å². The monoisotopic (exact) mass is 470 g/mol. The van der Waals surface area contributed by atoms with Gasteiger partial charge in [0.2, 0.25) is 5.91 Å². The van der Waals surface area contributed by atoms with Gasteiger partial charge >= 0.3 is 0 Å². The highest BCUT2D eigenvalue weighted by molar-refractivity contribution is 7.92. The zero-order chi connectivity index (χ0) is 24.2. The molecule has 0 spiro atoms. The molecule has 3 aromatic rings. The van der Waals surface area contributed by atoms with Gasteiger partial charge in [-0.05, 0) is 80.4 Å². The molecule has 174 valence electrons. The van der Waals surface area contributed by atoms with Crippen molar-refractivity contribution in [2.24, 2.45) is 0 Å². The lowest BCUT2D eigenvalue weighted by atomic mass is 10.0. The van der Waals surface area contributed by atoms with Crippen LogP contribution in [0.5, 0.6) is 5.75 Å². The Hall–Kier alpha value is -3.39. The topological polar surface area (TPSA) is 75.7 Å². The predicted octanol–water partition coefficient (Wildman–Crippen LogP) is 4.52. The Morgan fingerprint density at radius 3 is 2.24 bits per heavy atom. The number of carbonyl (C=O) groups excluding carboxylic acids is 1. The number of anilines is 1. The molecule has 1 N–H and O–H groups in total. The molecule has 8 heteroatoms. The molecule has 0 saturated carbocycles. The Morgan fingerprint density at radius 1 is 1.03 bits per heavy atom. The number of hydrogen-bond acceptors (Lipinski definition) is 4. The summed E-state index contributed by atoms with van der Waals surface area (Å²) in [6, 6.07) is 16.4. The number of hydrogen-bond donors (Lipinski definition) is 1. The largest absolute Gasteiger partial charge is 0.497 e. The fourth-order valence-corrected chi connectivity index (χ4v) is 5.03. The van der Waals surface area contributed by atoms with Crippen molar-refractivity contribution < 1.29 is 22.3 Å².